The summed E-state index contributed by atoms with van der Waals surface area (Å²) in [4.78, 5) is 8.37. The van der Waals surface area contributed by atoms with Gasteiger partial charge in [-0.2, -0.15) is 8.78 Å². The maximum absolute atomic E-state index is 12.0. The number of halogens is 2. The second-order valence-corrected chi connectivity index (χ2v) is 3.87. The van der Waals surface area contributed by atoms with Crippen molar-refractivity contribution in [1.82, 2.24) is 14.4 Å². The number of fused-ring (bicyclic) bond motifs is 1. The summed E-state index contributed by atoms with van der Waals surface area (Å²) in [5.74, 6) is 0.129. The highest BCUT2D eigenvalue weighted by molar-refractivity contribution is 5.62. The summed E-state index contributed by atoms with van der Waals surface area (Å²) >= 11 is 0. The van der Waals surface area contributed by atoms with Crippen LogP contribution in [0.1, 0.15) is 0 Å². The minimum Gasteiger partial charge on any atom is -0.435 e. The fourth-order valence-electron chi connectivity index (χ4n) is 1.79. The molecule has 0 saturated carbocycles. The highest BCUT2D eigenvalue weighted by Gasteiger charge is 2.06. The van der Waals surface area contributed by atoms with Gasteiger partial charge in [-0.1, -0.05) is 0 Å². The van der Waals surface area contributed by atoms with Gasteiger partial charge in [0.25, 0.3) is 0 Å². The van der Waals surface area contributed by atoms with E-state index in [1.54, 1.807) is 30.7 Å². The quantitative estimate of drug-likeness (QED) is 0.727. The van der Waals surface area contributed by atoms with Crippen LogP contribution in [0.15, 0.2) is 49.1 Å². The average molecular weight is 261 g/mol. The number of ether oxygens (including phenoxy) is 1. The lowest BCUT2D eigenvalue weighted by Gasteiger charge is -2.04. The van der Waals surface area contributed by atoms with Gasteiger partial charge in [-0.05, 0) is 24.3 Å². The van der Waals surface area contributed by atoms with Crippen LogP contribution in [0.2, 0.25) is 0 Å². The van der Waals surface area contributed by atoms with Crippen molar-refractivity contribution in [3.05, 3.63) is 49.1 Å². The third-order valence-corrected chi connectivity index (χ3v) is 2.64. The maximum atomic E-state index is 12.0. The monoisotopic (exact) mass is 261 g/mol. The molecular weight excluding hydrogens is 252 g/mol. The first-order valence-electron chi connectivity index (χ1n) is 5.56. The van der Waals surface area contributed by atoms with Crippen molar-refractivity contribution in [2.45, 2.75) is 6.61 Å². The van der Waals surface area contributed by atoms with Crippen LogP contribution < -0.4 is 4.74 Å². The van der Waals surface area contributed by atoms with E-state index in [-0.39, 0.29) is 5.75 Å². The van der Waals surface area contributed by atoms with Crippen LogP contribution in [-0.2, 0) is 0 Å². The molecule has 0 bridgehead atoms. The lowest BCUT2D eigenvalue weighted by molar-refractivity contribution is -0.0498. The van der Waals surface area contributed by atoms with Gasteiger partial charge < -0.3 is 9.14 Å². The Labute approximate surface area is 107 Å². The summed E-state index contributed by atoms with van der Waals surface area (Å²) in [6.07, 6.45) is 6.95. The van der Waals surface area contributed by atoms with Crippen molar-refractivity contribution in [2.75, 3.05) is 0 Å². The van der Waals surface area contributed by atoms with Crippen molar-refractivity contribution in [3.8, 4) is 17.0 Å². The summed E-state index contributed by atoms with van der Waals surface area (Å²) < 4.78 is 30.2. The van der Waals surface area contributed by atoms with Gasteiger partial charge in [0.1, 0.15) is 5.75 Å². The highest BCUT2D eigenvalue weighted by atomic mass is 19.3. The first kappa shape index (κ1) is 11.6. The standard InChI is InChI=1S/C13H9F2N3O/c14-13(15)19-10-3-1-9(2-4-10)11-8-18-6-5-16-7-12(18)17-11/h1-8,13H. The van der Waals surface area contributed by atoms with Gasteiger partial charge in [0, 0.05) is 24.2 Å². The van der Waals surface area contributed by atoms with Crippen molar-refractivity contribution < 1.29 is 13.5 Å². The van der Waals surface area contributed by atoms with Gasteiger partial charge in [0.05, 0.1) is 11.9 Å². The topological polar surface area (TPSA) is 39.4 Å². The summed E-state index contributed by atoms with van der Waals surface area (Å²) in [6, 6.07) is 6.35. The van der Waals surface area contributed by atoms with E-state index in [2.05, 4.69) is 14.7 Å². The molecule has 19 heavy (non-hydrogen) atoms. The number of aromatic nitrogens is 3. The number of hydrogen-bond acceptors (Lipinski definition) is 3. The Hall–Kier alpha value is -2.50. The first-order valence-corrected chi connectivity index (χ1v) is 5.56. The summed E-state index contributed by atoms with van der Waals surface area (Å²) in [5, 5.41) is 0. The van der Waals surface area contributed by atoms with Gasteiger partial charge in [0.2, 0.25) is 0 Å². The molecule has 3 rings (SSSR count). The summed E-state index contributed by atoms with van der Waals surface area (Å²) in [6.45, 7) is -2.81. The zero-order valence-electron chi connectivity index (χ0n) is 9.70. The molecule has 0 saturated heterocycles. The molecule has 1 aromatic carbocycles. The van der Waals surface area contributed by atoms with Crippen LogP contribution >= 0.6 is 0 Å². The molecule has 2 aromatic heterocycles. The zero-order valence-corrected chi connectivity index (χ0v) is 9.70. The molecule has 0 atom stereocenters. The van der Waals surface area contributed by atoms with E-state index in [1.807, 2.05) is 10.6 Å². The normalized spacial score (nSPS) is 11.1. The SMILES string of the molecule is FC(F)Oc1ccc(-c2cn3ccncc3n2)cc1. The number of rotatable bonds is 3. The fraction of sp³-hybridized carbons (Fsp3) is 0.0769. The third-order valence-electron chi connectivity index (χ3n) is 2.64. The first-order chi connectivity index (χ1) is 9.22. The Bertz CT molecular complexity index is 661. The van der Waals surface area contributed by atoms with Gasteiger partial charge in [-0.15, -0.1) is 0 Å². The van der Waals surface area contributed by atoms with E-state index in [1.165, 1.54) is 12.1 Å². The Morgan fingerprint density at radius 1 is 1.16 bits per heavy atom. The Balaban J connectivity index is 1.93. The van der Waals surface area contributed by atoms with E-state index in [9.17, 15) is 8.78 Å². The van der Waals surface area contributed by atoms with Crippen molar-refractivity contribution in [1.29, 1.82) is 0 Å². The number of nitrogens with zero attached hydrogens (tertiary/aromatic N) is 3. The zero-order chi connectivity index (χ0) is 13.2. The lowest BCUT2D eigenvalue weighted by Crippen LogP contribution is -2.01. The Morgan fingerprint density at radius 3 is 2.63 bits per heavy atom. The lowest BCUT2D eigenvalue weighted by atomic mass is 10.2. The molecule has 0 fully saturated rings. The smallest absolute Gasteiger partial charge is 0.387 e. The largest absolute Gasteiger partial charge is 0.435 e. The van der Waals surface area contributed by atoms with E-state index < -0.39 is 6.61 Å². The van der Waals surface area contributed by atoms with Crippen molar-refractivity contribution in [2.24, 2.45) is 0 Å². The summed E-state index contributed by atoms with van der Waals surface area (Å²) in [7, 11) is 0. The number of imidazole rings is 1. The van der Waals surface area contributed by atoms with Crippen LogP contribution in [0.5, 0.6) is 5.75 Å². The van der Waals surface area contributed by atoms with Gasteiger partial charge in [0.15, 0.2) is 5.65 Å². The number of hydrogen-bond donors (Lipinski definition) is 0. The third kappa shape index (κ3) is 2.37. The van der Waals surface area contributed by atoms with Gasteiger partial charge in [-0.25, -0.2) is 4.98 Å². The molecule has 0 aliphatic rings. The molecular formula is C13H9F2N3O. The molecule has 0 unspecified atom stereocenters. The molecule has 6 heteroatoms. The minimum absolute atomic E-state index is 0.129. The molecule has 2 heterocycles. The Morgan fingerprint density at radius 2 is 1.95 bits per heavy atom. The number of benzene rings is 1. The van der Waals surface area contributed by atoms with Crippen LogP contribution in [0.25, 0.3) is 16.9 Å². The molecule has 0 aliphatic carbocycles. The molecule has 4 nitrogen and oxygen atoms in total. The van der Waals surface area contributed by atoms with Gasteiger partial charge in [-0.3, -0.25) is 4.98 Å². The van der Waals surface area contributed by atoms with Crippen LogP contribution in [0, 0.1) is 0 Å². The predicted molar refractivity (Wildman–Crippen MR) is 65.1 cm³/mol. The molecule has 0 amide bonds. The molecule has 0 aliphatic heterocycles. The Kier molecular flexibility index (Phi) is 2.83. The second-order valence-electron chi connectivity index (χ2n) is 3.87. The molecule has 96 valence electrons. The van der Waals surface area contributed by atoms with Crippen LogP contribution in [0.4, 0.5) is 8.78 Å². The van der Waals surface area contributed by atoms with Crippen LogP contribution in [-0.4, -0.2) is 21.0 Å². The highest BCUT2D eigenvalue weighted by Crippen LogP contribution is 2.22. The van der Waals surface area contributed by atoms with Gasteiger partial charge >= 0.3 is 6.61 Å². The second kappa shape index (κ2) is 4.64. The average Bonchev–Trinajstić information content (AvgIpc) is 2.82. The van der Waals surface area contributed by atoms with Crippen molar-refractivity contribution in [3.63, 3.8) is 0 Å². The minimum atomic E-state index is -2.81. The van der Waals surface area contributed by atoms with E-state index in [0.717, 1.165) is 16.9 Å². The molecule has 0 N–H and O–H groups in total. The van der Waals surface area contributed by atoms with Crippen LogP contribution in [0.3, 0.4) is 0 Å². The summed E-state index contributed by atoms with van der Waals surface area (Å²) in [5.41, 5.74) is 2.30. The van der Waals surface area contributed by atoms with E-state index >= 15 is 0 Å². The number of alkyl halides is 2. The molecule has 0 spiro atoms. The molecule has 0 radical (unpaired) electrons. The van der Waals surface area contributed by atoms with Crippen molar-refractivity contribution >= 4 is 5.65 Å². The molecule has 3 aromatic rings. The maximum Gasteiger partial charge on any atom is 0.387 e. The van der Waals surface area contributed by atoms with E-state index in [0.29, 0.717) is 0 Å². The van der Waals surface area contributed by atoms with E-state index in [4.69, 9.17) is 0 Å². The fourth-order valence-corrected chi connectivity index (χ4v) is 1.79. The predicted octanol–water partition coefficient (Wildman–Crippen LogP) is 3.00.